The van der Waals surface area contributed by atoms with E-state index in [9.17, 15) is 4.39 Å². The van der Waals surface area contributed by atoms with Gasteiger partial charge in [0, 0.05) is 18.9 Å². The summed E-state index contributed by atoms with van der Waals surface area (Å²) in [5.41, 5.74) is 2.17. The maximum atomic E-state index is 13.1. The van der Waals surface area contributed by atoms with E-state index in [0.29, 0.717) is 0 Å². The SMILES string of the molecule is CCN(Cc1[c-]ccc(F)c1)Cc1ccccc1.[Br-].[Mg+2]. The van der Waals surface area contributed by atoms with Gasteiger partial charge in [-0.25, -0.2) is 4.39 Å². The van der Waals surface area contributed by atoms with Crippen molar-refractivity contribution in [3.8, 4) is 0 Å². The minimum Gasteiger partial charge on any atom is -1.00 e. The van der Waals surface area contributed by atoms with Crippen LogP contribution in [0.3, 0.4) is 0 Å². The molecule has 2 rings (SSSR count). The van der Waals surface area contributed by atoms with Gasteiger partial charge in [-0.1, -0.05) is 37.3 Å². The van der Waals surface area contributed by atoms with E-state index in [0.717, 1.165) is 25.2 Å². The Morgan fingerprint density at radius 3 is 2.40 bits per heavy atom. The van der Waals surface area contributed by atoms with Gasteiger partial charge in [-0.05, 0) is 12.1 Å². The summed E-state index contributed by atoms with van der Waals surface area (Å²) in [4.78, 5) is 2.26. The monoisotopic (exact) mass is 345 g/mol. The molecule has 0 aliphatic carbocycles. The van der Waals surface area contributed by atoms with Crippen LogP contribution in [0.15, 0.2) is 48.5 Å². The summed E-state index contributed by atoms with van der Waals surface area (Å²) in [6, 6.07) is 18.0. The quantitative estimate of drug-likeness (QED) is 0.555. The first-order valence-corrected chi connectivity index (χ1v) is 6.20. The van der Waals surface area contributed by atoms with E-state index < -0.39 is 0 Å². The second kappa shape index (κ2) is 10.3. The third-order valence-electron chi connectivity index (χ3n) is 2.91. The van der Waals surface area contributed by atoms with Gasteiger partial charge in [0.25, 0.3) is 0 Å². The number of hydrogen-bond donors (Lipinski definition) is 0. The van der Waals surface area contributed by atoms with Crippen LogP contribution < -0.4 is 17.0 Å². The summed E-state index contributed by atoms with van der Waals surface area (Å²) in [6.07, 6.45) is 0. The number of halogens is 2. The zero-order chi connectivity index (χ0) is 12.8. The Labute approximate surface area is 147 Å². The molecule has 0 aliphatic rings. The summed E-state index contributed by atoms with van der Waals surface area (Å²) >= 11 is 0. The Bertz CT molecular complexity index is 493. The first-order chi connectivity index (χ1) is 8.78. The first kappa shape index (κ1) is 19.6. The van der Waals surface area contributed by atoms with Crippen molar-refractivity contribution in [2.45, 2.75) is 20.0 Å². The molecule has 0 amide bonds. The van der Waals surface area contributed by atoms with Gasteiger partial charge in [0.2, 0.25) is 0 Å². The van der Waals surface area contributed by atoms with Crippen LogP contribution >= 0.6 is 0 Å². The van der Waals surface area contributed by atoms with Gasteiger partial charge in [-0.3, -0.25) is 4.90 Å². The van der Waals surface area contributed by atoms with Gasteiger partial charge in [0.1, 0.15) is 0 Å². The molecule has 0 saturated heterocycles. The molecule has 1 nitrogen and oxygen atoms in total. The smallest absolute Gasteiger partial charge is 1.00 e. The second-order valence-electron chi connectivity index (χ2n) is 4.32. The van der Waals surface area contributed by atoms with E-state index in [4.69, 9.17) is 0 Å². The Hall–Kier alpha value is -0.424. The van der Waals surface area contributed by atoms with E-state index in [-0.39, 0.29) is 45.9 Å². The molecule has 4 heteroatoms. The van der Waals surface area contributed by atoms with Crippen molar-refractivity contribution < 1.29 is 21.4 Å². The van der Waals surface area contributed by atoms with E-state index in [2.05, 4.69) is 30.0 Å². The van der Waals surface area contributed by atoms with Crippen molar-refractivity contribution >= 4 is 23.1 Å². The van der Waals surface area contributed by atoms with Gasteiger partial charge in [-0.15, -0.1) is 17.7 Å². The molecule has 2 aromatic rings. The zero-order valence-electron chi connectivity index (χ0n) is 11.7. The van der Waals surface area contributed by atoms with E-state index in [1.54, 1.807) is 12.1 Å². The molecule has 20 heavy (non-hydrogen) atoms. The van der Waals surface area contributed by atoms with Crippen LogP contribution in [0.1, 0.15) is 18.1 Å². The van der Waals surface area contributed by atoms with Crippen LogP contribution in [0.4, 0.5) is 4.39 Å². The van der Waals surface area contributed by atoms with Gasteiger partial charge >= 0.3 is 23.1 Å². The van der Waals surface area contributed by atoms with Crippen molar-refractivity contribution in [2.75, 3.05) is 6.54 Å². The fourth-order valence-electron chi connectivity index (χ4n) is 1.94. The van der Waals surface area contributed by atoms with E-state index >= 15 is 0 Å². The topological polar surface area (TPSA) is 3.24 Å². The molecule has 0 unspecified atom stereocenters. The minimum absolute atomic E-state index is 0. The summed E-state index contributed by atoms with van der Waals surface area (Å²) < 4.78 is 13.1. The van der Waals surface area contributed by atoms with E-state index in [1.165, 1.54) is 11.6 Å². The molecular formula is C16H17BrFMgN. The summed E-state index contributed by atoms with van der Waals surface area (Å²) in [5, 5.41) is 0. The van der Waals surface area contributed by atoms with Gasteiger partial charge < -0.3 is 17.0 Å². The molecule has 0 radical (unpaired) electrons. The van der Waals surface area contributed by atoms with Gasteiger partial charge in [0.15, 0.2) is 0 Å². The molecule has 0 spiro atoms. The summed E-state index contributed by atoms with van der Waals surface area (Å²) in [5.74, 6) is -0.195. The Kier molecular flexibility index (Phi) is 10.1. The van der Waals surface area contributed by atoms with Crippen molar-refractivity contribution in [3.63, 3.8) is 0 Å². The van der Waals surface area contributed by atoms with Crippen molar-refractivity contribution in [3.05, 3.63) is 71.5 Å². The van der Waals surface area contributed by atoms with E-state index in [1.807, 2.05) is 18.2 Å². The third kappa shape index (κ3) is 6.35. The van der Waals surface area contributed by atoms with Crippen LogP contribution in [-0.2, 0) is 13.1 Å². The van der Waals surface area contributed by atoms with Crippen LogP contribution in [0.25, 0.3) is 0 Å². The number of hydrogen-bond acceptors (Lipinski definition) is 1. The predicted molar refractivity (Wildman–Crippen MR) is 77.2 cm³/mol. The molecule has 0 fully saturated rings. The summed E-state index contributed by atoms with van der Waals surface area (Å²) in [6.45, 7) is 4.65. The standard InChI is InChI=1S/C16H17FN.BrH.Mg/c1-2-18(12-14-7-4-3-5-8-14)13-15-9-6-10-16(17)11-15;;/h3-8,10-11H,2,12-13H2,1H3;1H;/q-1;;+2/p-1. The molecule has 2 aromatic carbocycles. The van der Waals surface area contributed by atoms with Crippen LogP contribution in [0.2, 0.25) is 0 Å². The second-order valence-corrected chi connectivity index (χ2v) is 4.32. The third-order valence-corrected chi connectivity index (χ3v) is 2.91. The molecule has 0 atom stereocenters. The number of benzene rings is 2. The maximum absolute atomic E-state index is 13.1. The van der Waals surface area contributed by atoms with Crippen molar-refractivity contribution in [1.82, 2.24) is 4.90 Å². The average molecular weight is 347 g/mol. The Morgan fingerprint density at radius 2 is 1.80 bits per heavy atom. The fraction of sp³-hybridized carbons (Fsp3) is 0.250. The molecule has 0 heterocycles. The molecule has 0 bridgehead atoms. The largest absolute Gasteiger partial charge is 2.00 e. The molecular weight excluding hydrogens is 329 g/mol. The minimum atomic E-state index is -0.195. The van der Waals surface area contributed by atoms with Gasteiger partial charge in [0.05, 0.1) is 0 Å². The summed E-state index contributed by atoms with van der Waals surface area (Å²) in [7, 11) is 0. The molecule has 0 N–H and O–H groups in total. The molecule has 0 saturated carbocycles. The van der Waals surface area contributed by atoms with Crippen LogP contribution in [0.5, 0.6) is 0 Å². The predicted octanol–water partition coefficient (Wildman–Crippen LogP) is 0.271. The van der Waals surface area contributed by atoms with Crippen LogP contribution in [-0.4, -0.2) is 34.5 Å². The first-order valence-electron chi connectivity index (χ1n) is 6.20. The van der Waals surface area contributed by atoms with Crippen molar-refractivity contribution in [1.29, 1.82) is 0 Å². The van der Waals surface area contributed by atoms with Gasteiger partial charge in [-0.2, -0.15) is 12.1 Å². The Morgan fingerprint density at radius 1 is 1.10 bits per heavy atom. The average Bonchev–Trinajstić information content (AvgIpc) is 2.39. The number of rotatable bonds is 5. The molecule has 0 aromatic heterocycles. The van der Waals surface area contributed by atoms with Crippen LogP contribution in [0, 0.1) is 11.9 Å². The fourth-order valence-corrected chi connectivity index (χ4v) is 1.94. The Balaban J connectivity index is 0.00000180. The maximum Gasteiger partial charge on any atom is 2.00 e. The molecule has 0 aliphatic heterocycles. The van der Waals surface area contributed by atoms with Crippen molar-refractivity contribution in [2.24, 2.45) is 0 Å². The zero-order valence-corrected chi connectivity index (χ0v) is 14.7. The molecule has 102 valence electrons. The number of nitrogens with zero attached hydrogens (tertiary/aromatic N) is 1. The normalized spacial score (nSPS) is 9.75.